The fraction of sp³-hybridized carbons (Fsp3) is 0.278. The fourth-order valence-corrected chi connectivity index (χ4v) is 3.88. The number of nitrogens with one attached hydrogen (secondary N) is 1. The summed E-state index contributed by atoms with van der Waals surface area (Å²) in [6.07, 6.45) is 4.41. The Morgan fingerprint density at radius 1 is 1.05 bits per heavy atom. The summed E-state index contributed by atoms with van der Waals surface area (Å²) in [6, 6.07) is 11.3. The number of aromatic nitrogens is 2. The number of aryl methyl sites for hydroxylation is 2. The van der Waals surface area contributed by atoms with Crippen molar-refractivity contribution in [2.75, 3.05) is 6.54 Å². The minimum atomic E-state index is 0.876. The molecule has 0 atom stereocenters. The van der Waals surface area contributed by atoms with Crippen LogP contribution in [-0.2, 0) is 25.9 Å². The van der Waals surface area contributed by atoms with Crippen molar-refractivity contribution in [3.05, 3.63) is 53.5 Å². The number of hydrogen-bond donors (Lipinski definition) is 1. The highest BCUT2D eigenvalue weighted by Crippen LogP contribution is 2.37. The summed E-state index contributed by atoms with van der Waals surface area (Å²) in [7, 11) is 0. The zero-order chi connectivity index (χ0) is 13.8. The lowest BCUT2D eigenvalue weighted by Crippen LogP contribution is -2.28. The van der Waals surface area contributed by atoms with Crippen LogP contribution in [0.15, 0.2) is 36.5 Å². The van der Waals surface area contributed by atoms with Crippen molar-refractivity contribution in [3.63, 3.8) is 0 Å². The van der Waals surface area contributed by atoms with E-state index in [2.05, 4.69) is 45.2 Å². The SMILES string of the molecule is c1cc2c3c(ccc(-c4cnc5n4CCNC5)c3c1)CC2. The van der Waals surface area contributed by atoms with Gasteiger partial charge in [-0.15, -0.1) is 0 Å². The molecule has 21 heavy (non-hydrogen) atoms. The van der Waals surface area contributed by atoms with E-state index in [-0.39, 0.29) is 0 Å². The summed E-state index contributed by atoms with van der Waals surface area (Å²) in [6.45, 7) is 2.91. The van der Waals surface area contributed by atoms with Gasteiger partial charge in [-0.2, -0.15) is 0 Å². The van der Waals surface area contributed by atoms with Crippen LogP contribution in [0.1, 0.15) is 17.0 Å². The van der Waals surface area contributed by atoms with Gasteiger partial charge in [0.1, 0.15) is 5.82 Å². The van der Waals surface area contributed by atoms with Gasteiger partial charge in [0, 0.05) is 18.7 Å². The van der Waals surface area contributed by atoms with Crippen molar-refractivity contribution in [2.45, 2.75) is 25.9 Å². The standard InChI is InChI=1S/C18H17N3/c1-2-12-4-5-13-6-7-14(15(3-1)18(12)13)16-10-20-17-11-19-8-9-21(16)17/h1-3,6-7,10,19H,4-5,8-9,11H2. The summed E-state index contributed by atoms with van der Waals surface area (Å²) in [5.74, 6) is 1.15. The molecule has 104 valence electrons. The lowest BCUT2D eigenvalue weighted by Gasteiger charge is -2.18. The number of fused-ring (bicyclic) bond motifs is 1. The molecule has 0 radical (unpaired) electrons. The summed E-state index contributed by atoms with van der Waals surface area (Å²) < 4.78 is 2.37. The molecule has 3 nitrogen and oxygen atoms in total. The van der Waals surface area contributed by atoms with Crippen LogP contribution >= 0.6 is 0 Å². The molecule has 0 amide bonds. The van der Waals surface area contributed by atoms with Crippen LogP contribution in [0.4, 0.5) is 0 Å². The second kappa shape index (κ2) is 4.18. The van der Waals surface area contributed by atoms with E-state index in [1.807, 2.05) is 6.20 Å². The second-order valence-electron chi connectivity index (χ2n) is 6.00. The van der Waals surface area contributed by atoms with Gasteiger partial charge < -0.3 is 9.88 Å². The summed E-state index contributed by atoms with van der Waals surface area (Å²) in [5.41, 5.74) is 5.61. The Morgan fingerprint density at radius 3 is 2.90 bits per heavy atom. The Labute approximate surface area is 123 Å². The largest absolute Gasteiger partial charge is 0.326 e. The molecule has 2 heterocycles. The first-order valence-electron chi connectivity index (χ1n) is 7.71. The minimum Gasteiger partial charge on any atom is -0.326 e. The van der Waals surface area contributed by atoms with Gasteiger partial charge in [0.05, 0.1) is 18.4 Å². The van der Waals surface area contributed by atoms with E-state index in [1.54, 1.807) is 0 Å². The van der Waals surface area contributed by atoms with Crippen LogP contribution in [-0.4, -0.2) is 16.1 Å². The maximum atomic E-state index is 4.60. The molecule has 2 aliphatic rings. The molecule has 3 heteroatoms. The fourth-order valence-electron chi connectivity index (χ4n) is 3.88. The third kappa shape index (κ3) is 1.55. The Balaban J connectivity index is 1.81. The van der Waals surface area contributed by atoms with Crippen molar-refractivity contribution in [3.8, 4) is 11.3 Å². The smallest absolute Gasteiger partial charge is 0.123 e. The molecule has 2 aromatic carbocycles. The molecule has 0 saturated heterocycles. The third-order valence-electron chi connectivity index (χ3n) is 4.89. The Bertz CT molecular complexity index is 850. The summed E-state index contributed by atoms with van der Waals surface area (Å²) in [5, 5.41) is 6.27. The number of imidazole rings is 1. The monoisotopic (exact) mass is 275 g/mol. The third-order valence-corrected chi connectivity index (χ3v) is 4.89. The average molecular weight is 275 g/mol. The molecule has 0 spiro atoms. The lowest BCUT2D eigenvalue weighted by molar-refractivity contribution is 0.508. The van der Waals surface area contributed by atoms with Gasteiger partial charge in [-0.3, -0.25) is 0 Å². The molecule has 0 unspecified atom stereocenters. The first-order valence-corrected chi connectivity index (χ1v) is 7.71. The van der Waals surface area contributed by atoms with Gasteiger partial charge in [-0.05, 0) is 34.7 Å². The Kier molecular flexibility index (Phi) is 2.29. The topological polar surface area (TPSA) is 29.9 Å². The maximum Gasteiger partial charge on any atom is 0.123 e. The van der Waals surface area contributed by atoms with E-state index < -0.39 is 0 Å². The van der Waals surface area contributed by atoms with E-state index in [0.29, 0.717) is 0 Å². The molecule has 3 aromatic rings. The van der Waals surface area contributed by atoms with E-state index in [0.717, 1.165) is 25.5 Å². The van der Waals surface area contributed by atoms with Gasteiger partial charge in [0.2, 0.25) is 0 Å². The number of rotatable bonds is 1. The molecule has 1 aliphatic heterocycles. The van der Waals surface area contributed by atoms with Crippen LogP contribution in [0.2, 0.25) is 0 Å². The Hall–Kier alpha value is -2.13. The van der Waals surface area contributed by atoms with Gasteiger partial charge in [0.15, 0.2) is 0 Å². The second-order valence-corrected chi connectivity index (χ2v) is 6.00. The predicted octanol–water partition coefficient (Wildman–Crippen LogP) is 2.91. The van der Waals surface area contributed by atoms with Crippen molar-refractivity contribution in [2.24, 2.45) is 0 Å². The molecule has 1 aliphatic carbocycles. The van der Waals surface area contributed by atoms with E-state index in [4.69, 9.17) is 0 Å². The molecule has 0 bridgehead atoms. The molecule has 1 aromatic heterocycles. The van der Waals surface area contributed by atoms with Crippen LogP contribution in [0, 0.1) is 0 Å². The highest BCUT2D eigenvalue weighted by molar-refractivity contribution is 6.00. The van der Waals surface area contributed by atoms with Crippen molar-refractivity contribution >= 4 is 10.8 Å². The summed E-state index contributed by atoms with van der Waals surface area (Å²) in [4.78, 5) is 4.60. The highest BCUT2D eigenvalue weighted by atomic mass is 15.2. The lowest BCUT2D eigenvalue weighted by atomic mass is 9.98. The quantitative estimate of drug-likeness (QED) is 0.740. The first-order chi connectivity index (χ1) is 10.4. The number of nitrogens with zero attached hydrogens (tertiary/aromatic N) is 2. The normalized spacial score (nSPS) is 16.4. The van der Waals surface area contributed by atoms with E-state index in [9.17, 15) is 0 Å². The average Bonchev–Trinajstić information content (AvgIpc) is 3.14. The molecule has 1 N–H and O–H groups in total. The number of benzene rings is 2. The number of hydrogen-bond acceptors (Lipinski definition) is 2. The van der Waals surface area contributed by atoms with Gasteiger partial charge >= 0.3 is 0 Å². The first kappa shape index (κ1) is 11.5. The van der Waals surface area contributed by atoms with Crippen molar-refractivity contribution < 1.29 is 0 Å². The molecule has 5 rings (SSSR count). The van der Waals surface area contributed by atoms with Crippen molar-refractivity contribution in [1.29, 1.82) is 0 Å². The van der Waals surface area contributed by atoms with Gasteiger partial charge in [-0.1, -0.05) is 30.3 Å². The van der Waals surface area contributed by atoms with E-state index >= 15 is 0 Å². The van der Waals surface area contributed by atoms with Crippen molar-refractivity contribution in [1.82, 2.24) is 14.9 Å². The predicted molar refractivity (Wildman–Crippen MR) is 84.3 cm³/mol. The highest BCUT2D eigenvalue weighted by Gasteiger charge is 2.20. The molecule has 0 fully saturated rings. The zero-order valence-electron chi connectivity index (χ0n) is 11.9. The van der Waals surface area contributed by atoms with Gasteiger partial charge in [0.25, 0.3) is 0 Å². The minimum absolute atomic E-state index is 0.876. The maximum absolute atomic E-state index is 4.60. The van der Waals surface area contributed by atoms with Crippen LogP contribution < -0.4 is 5.32 Å². The molecule has 0 saturated carbocycles. The molecular formula is C18H17N3. The zero-order valence-corrected chi connectivity index (χ0v) is 11.9. The molecular weight excluding hydrogens is 258 g/mol. The van der Waals surface area contributed by atoms with E-state index in [1.165, 1.54) is 46.0 Å². The Morgan fingerprint density at radius 2 is 1.95 bits per heavy atom. The van der Waals surface area contributed by atoms with Crippen LogP contribution in [0.25, 0.3) is 22.0 Å². The van der Waals surface area contributed by atoms with Crippen LogP contribution in [0.3, 0.4) is 0 Å². The van der Waals surface area contributed by atoms with Gasteiger partial charge in [-0.25, -0.2) is 4.98 Å². The summed E-state index contributed by atoms with van der Waals surface area (Å²) >= 11 is 0. The van der Waals surface area contributed by atoms with Crippen LogP contribution in [0.5, 0.6) is 0 Å².